The van der Waals surface area contributed by atoms with Crippen molar-refractivity contribution < 1.29 is 13.2 Å². The Labute approximate surface area is 49.8 Å². The summed E-state index contributed by atoms with van der Waals surface area (Å²) in [5, 5.41) is 0. The average Bonchev–Trinajstić information content (AvgIpc) is 1.59. The van der Waals surface area contributed by atoms with Gasteiger partial charge >= 0.3 is 6.18 Å². The Morgan fingerprint density at radius 3 is 2.12 bits per heavy atom. The van der Waals surface area contributed by atoms with Crippen LogP contribution in [-0.2, 0) is 0 Å². The van der Waals surface area contributed by atoms with Crippen LogP contribution < -0.4 is 4.72 Å². The van der Waals surface area contributed by atoms with E-state index in [2.05, 4.69) is 4.72 Å². The van der Waals surface area contributed by atoms with Crippen LogP contribution in [0.2, 0.25) is 0 Å². The Morgan fingerprint density at radius 2 is 2.00 bits per heavy atom. The molecule has 0 aromatic rings. The van der Waals surface area contributed by atoms with Gasteiger partial charge in [-0.2, -0.15) is 13.2 Å². The highest BCUT2D eigenvalue weighted by molar-refractivity contribution is 7.97. The lowest BCUT2D eigenvalue weighted by molar-refractivity contribution is -0.105. The fourth-order valence-electron chi connectivity index (χ4n) is 0.154. The molecule has 5 heteroatoms. The molecule has 0 bridgehead atoms. The quantitative estimate of drug-likeness (QED) is 0.590. The lowest BCUT2D eigenvalue weighted by atomic mass is 10.8. The fourth-order valence-corrected chi connectivity index (χ4v) is 0.462. The maximum absolute atomic E-state index is 11.2. The van der Waals surface area contributed by atoms with Crippen LogP contribution in [0.1, 0.15) is 0 Å². The predicted molar refractivity (Wildman–Crippen MR) is 27.6 cm³/mol. The maximum atomic E-state index is 11.2. The van der Waals surface area contributed by atoms with E-state index >= 15 is 0 Å². The Balaban J connectivity index is 3.11. The van der Waals surface area contributed by atoms with Crippen LogP contribution in [-0.4, -0.2) is 19.0 Å². The predicted octanol–water partition coefficient (Wildman–Crippen LogP) is 1.42. The molecular weight excluding hydrogens is 139 g/mol. The smallest absolute Gasteiger partial charge is 0.267 e. The minimum atomic E-state index is -4.05. The molecule has 0 fully saturated rings. The van der Waals surface area contributed by atoms with Gasteiger partial charge in [0.05, 0.1) is 0 Å². The number of alkyl halides is 3. The third kappa shape index (κ3) is 6.10. The summed E-state index contributed by atoms with van der Waals surface area (Å²) < 4.78 is 35.9. The fraction of sp³-hybridized carbons (Fsp3) is 1.00. The largest absolute Gasteiger partial charge is 0.399 e. The van der Waals surface area contributed by atoms with Crippen LogP contribution in [0, 0.1) is 0 Å². The van der Waals surface area contributed by atoms with Gasteiger partial charge in [-0.25, -0.2) is 0 Å². The summed E-state index contributed by atoms with van der Waals surface area (Å²) in [5.74, 6) is -0.830. The molecule has 0 aliphatic heterocycles. The molecule has 0 saturated carbocycles. The van der Waals surface area contributed by atoms with Gasteiger partial charge in [-0.05, 0) is 7.05 Å². The van der Waals surface area contributed by atoms with Crippen molar-refractivity contribution in [3.63, 3.8) is 0 Å². The second-order valence-corrected chi connectivity index (χ2v) is 2.09. The second-order valence-electron chi connectivity index (χ2n) is 1.11. The molecule has 0 atom stereocenters. The molecule has 0 spiro atoms. The van der Waals surface area contributed by atoms with E-state index in [1.807, 2.05) is 0 Å². The third-order valence-corrected chi connectivity index (χ3v) is 1.14. The first-order valence-electron chi connectivity index (χ1n) is 1.91. The van der Waals surface area contributed by atoms with E-state index in [9.17, 15) is 13.2 Å². The van der Waals surface area contributed by atoms with Gasteiger partial charge in [0, 0.05) is 0 Å². The monoisotopic (exact) mass is 145 g/mol. The first-order chi connectivity index (χ1) is 3.56. The highest BCUT2D eigenvalue weighted by atomic mass is 32.2. The summed E-state index contributed by atoms with van der Waals surface area (Å²) in [6, 6.07) is 0. The van der Waals surface area contributed by atoms with Crippen molar-refractivity contribution in [2.75, 3.05) is 12.8 Å². The van der Waals surface area contributed by atoms with E-state index in [-0.39, 0.29) is 0 Å². The molecule has 0 saturated heterocycles. The van der Waals surface area contributed by atoms with Crippen molar-refractivity contribution in [1.29, 1.82) is 0 Å². The molecule has 8 heavy (non-hydrogen) atoms. The van der Waals surface area contributed by atoms with Crippen LogP contribution in [0.5, 0.6) is 0 Å². The van der Waals surface area contributed by atoms with Crippen LogP contribution in [0.3, 0.4) is 0 Å². The number of hydrogen-bond acceptors (Lipinski definition) is 2. The van der Waals surface area contributed by atoms with Gasteiger partial charge < -0.3 is 0 Å². The Morgan fingerprint density at radius 1 is 1.50 bits per heavy atom. The highest BCUT2D eigenvalue weighted by Crippen LogP contribution is 2.18. The van der Waals surface area contributed by atoms with Crippen LogP contribution >= 0.6 is 11.9 Å². The Hall–Kier alpha value is 0.100. The van der Waals surface area contributed by atoms with Gasteiger partial charge in [0.25, 0.3) is 0 Å². The zero-order valence-corrected chi connectivity index (χ0v) is 5.07. The molecule has 0 heterocycles. The number of rotatable bonds is 2. The molecule has 0 aliphatic rings. The summed E-state index contributed by atoms with van der Waals surface area (Å²) in [7, 11) is 1.45. The minimum absolute atomic E-state index is 0.640. The van der Waals surface area contributed by atoms with E-state index in [1.54, 1.807) is 0 Å². The number of nitrogens with one attached hydrogen (secondary N) is 1. The number of halogens is 3. The van der Waals surface area contributed by atoms with Gasteiger partial charge in [0.2, 0.25) is 0 Å². The third-order valence-electron chi connectivity index (χ3n) is 0.380. The van der Waals surface area contributed by atoms with Gasteiger partial charge in [-0.3, -0.25) is 4.72 Å². The van der Waals surface area contributed by atoms with E-state index in [1.165, 1.54) is 7.05 Å². The van der Waals surface area contributed by atoms with Gasteiger partial charge in [-0.1, -0.05) is 11.9 Å². The SMILES string of the molecule is CNSCC(F)(F)F. The maximum Gasteiger partial charge on any atom is 0.399 e. The molecular formula is C3H6F3NS. The molecule has 0 unspecified atom stereocenters. The van der Waals surface area contributed by atoms with Crippen LogP contribution in [0.4, 0.5) is 13.2 Å². The van der Waals surface area contributed by atoms with Gasteiger partial charge in [0.1, 0.15) is 5.75 Å². The topological polar surface area (TPSA) is 12.0 Å². The second kappa shape index (κ2) is 3.19. The van der Waals surface area contributed by atoms with E-state index in [4.69, 9.17) is 0 Å². The van der Waals surface area contributed by atoms with Crippen LogP contribution in [0.25, 0.3) is 0 Å². The highest BCUT2D eigenvalue weighted by Gasteiger charge is 2.26. The van der Waals surface area contributed by atoms with E-state index < -0.39 is 11.9 Å². The molecule has 0 radical (unpaired) electrons. The summed E-state index contributed by atoms with van der Waals surface area (Å²) in [6.07, 6.45) is -4.05. The molecule has 0 aromatic heterocycles. The van der Waals surface area contributed by atoms with Crippen molar-refractivity contribution in [2.45, 2.75) is 6.18 Å². The first-order valence-corrected chi connectivity index (χ1v) is 2.90. The first kappa shape index (κ1) is 8.10. The molecule has 50 valence electrons. The van der Waals surface area contributed by atoms with E-state index in [0.717, 1.165) is 0 Å². The molecule has 0 rings (SSSR count). The van der Waals surface area contributed by atoms with Crippen molar-refractivity contribution >= 4 is 11.9 Å². The zero-order chi connectivity index (χ0) is 6.62. The molecule has 0 amide bonds. The summed E-state index contributed by atoms with van der Waals surface area (Å²) in [5.41, 5.74) is 0. The molecule has 0 aliphatic carbocycles. The number of hydrogen-bond donors (Lipinski definition) is 1. The minimum Gasteiger partial charge on any atom is -0.267 e. The van der Waals surface area contributed by atoms with Crippen LogP contribution in [0.15, 0.2) is 0 Å². The molecule has 1 N–H and O–H groups in total. The summed E-state index contributed by atoms with van der Waals surface area (Å²) >= 11 is 0.640. The Kier molecular flexibility index (Phi) is 3.23. The van der Waals surface area contributed by atoms with Gasteiger partial charge in [-0.15, -0.1) is 0 Å². The Bertz CT molecular complexity index is 62.0. The van der Waals surface area contributed by atoms with E-state index in [0.29, 0.717) is 11.9 Å². The van der Waals surface area contributed by atoms with Crippen molar-refractivity contribution in [1.82, 2.24) is 4.72 Å². The normalized spacial score (nSPS) is 12.0. The summed E-state index contributed by atoms with van der Waals surface area (Å²) in [4.78, 5) is 0. The van der Waals surface area contributed by atoms with Crippen molar-refractivity contribution in [3.8, 4) is 0 Å². The zero-order valence-electron chi connectivity index (χ0n) is 4.25. The average molecular weight is 145 g/mol. The van der Waals surface area contributed by atoms with Crippen molar-refractivity contribution in [2.24, 2.45) is 0 Å². The molecule has 1 nitrogen and oxygen atoms in total. The lowest BCUT2D eigenvalue weighted by Crippen LogP contribution is -2.13. The summed E-state index contributed by atoms with van der Waals surface area (Å²) in [6.45, 7) is 0. The van der Waals surface area contributed by atoms with Gasteiger partial charge in [0.15, 0.2) is 0 Å². The standard InChI is InChI=1S/C3H6F3NS/c1-7-8-2-3(4,5)6/h7H,2H2,1H3. The lowest BCUT2D eigenvalue weighted by Gasteiger charge is -2.02. The van der Waals surface area contributed by atoms with Crippen molar-refractivity contribution in [3.05, 3.63) is 0 Å². The molecule has 0 aromatic carbocycles.